The highest BCUT2D eigenvalue weighted by molar-refractivity contribution is 6.28. The molecule has 0 bridgehead atoms. The number of benzene rings is 1. The summed E-state index contributed by atoms with van der Waals surface area (Å²) in [5.41, 5.74) is 3.83. The first-order chi connectivity index (χ1) is 9.74. The lowest BCUT2D eigenvalue weighted by atomic mass is 10.1. The van der Waals surface area contributed by atoms with Crippen molar-refractivity contribution in [2.45, 2.75) is 26.2 Å². The van der Waals surface area contributed by atoms with Crippen LogP contribution in [0.4, 0.5) is 17.6 Å². The average Bonchev–Trinajstić information content (AvgIpc) is 2.85. The highest BCUT2D eigenvalue weighted by Gasteiger charge is 2.11. The van der Waals surface area contributed by atoms with Gasteiger partial charge in [-0.3, -0.25) is 0 Å². The number of anilines is 3. The number of hydrogen-bond acceptors (Lipinski definition) is 5. The Hall–Kier alpha value is -1.88. The summed E-state index contributed by atoms with van der Waals surface area (Å²) in [5, 5.41) is 6.40. The van der Waals surface area contributed by atoms with Crippen LogP contribution in [0.3, 0.4) is 0 Å². The molecule has 20 heavy (non-hydrogen) atoms. The monoisotopic (exact) mass is 289 g/mol. The molecule has 1 heterocycles. The average molecular weight is 290 g/mol. The van der Waals surface area contributed by atoms with Crippen molar-refractivity contribution < 1.29 is 0 Å². The lowest BCUT2D eigenvalue weighted by molar-refractivity contribution is 0.912. The number of rotatable bonds is 4. The molecule has 0 radical (unpaired) electrons. The molecule has 2 aromatic rings. The molecule has 5 nitrogen and oxygen atoms in total. The van der Waals surface area contributed by atoms with Crippen LogP contribution in [-0.4, -0.2) is 21.5 Å². The number of nitrogens with one attached hydrogen (secondary N) is 2. The van der Waals surface area contributed by atoms with Crippen molar-refractivity contribution in [3.05, 3.63) is 34.6 Å². The number of hydrogen-bond donors (Lipinski definition) is 2. The summed E-state index contributed by atoms with van der Waals surface area (Å²) < 4.78 is 0. The van der Waals surface area contributed by atoms with Gasteiger partial charge >= 0.3 is 0 Å². The van der Waals surface area contributed by atoms with Crippen LogP contribution >= 0.6 is 11.6 Å². The second-order valence-corrected chi connectivity index (χ2v) is 5.08. The Bertz CT molecular complexity index is 629. The van der Waals surface area contributed by atoms with E-state index in [9.17, 15) is 0 Å². The minimum absolute atomic E-state index is 0.180. The van der Waals surface area contributed by atoms with E-state index in [1.54, 1.807) is 0 Å². The Morgan fingerprint density at radius 2 is 1.90 bits per heavy atom. The first-order valence-electron chi connectivity index (χ1n) is 6.79. The van der Waals surface area contributed by atoms with E-state index in [-0.39, 0.29) is 5.28 Å². The van der Waals surface area contributed by atoms with Gasteiger partial charge in [0.25, 0.3) is 0 Å². The third-order valence-electron chi connectivity index (χ3n) is 3.30. The Morgan fingerprint density at radius 1 is 1.10 bits per heavy atom. The van der Waals surface area contributed by atoms with E-state index < -0.39 is 0 Å². The van der Waals surface area contributed by atoms with E-state index in [4.69, 9.17) is 11.6 Å². The third kappa shape index (κ3) is 2.82. The molecule has 6 heteroatoms. The standard InChI is InChI=1S/C14H16ClN5/c1-2-16-13-18-12(15)19-14(20-13)17-11-7-6-9-4-3-5-10(9)8-11/h6-8H,2-5H2,1H3,(H2,16,17,18,19,20). The predicted molar refractivity (Wildman–Crippen MR) is 80.8 cm³/mol. The number of fused-ring (bicyclic) bond motifs is 1. The first-order valence-corrected chi connectivity index (χ1v) is 7.16. The van der Waals surface area contributed by atoms with E-state index in [0.717, 1.165) is 18.7 Å². The Morgan fingerprint density at radius 3 is 2.75 bits per heavy atom. The molecule has 3 rings (SSSR count). The molecule has 1 aromatic heterocycles. The molecule has 0 saturated carbocycles. The molecule has 1 aromatic carbocycles. The van der Waals surface area contributed by atoms with E-state index in [1.165, 1.54) is 24.0 Å². The number of aryl methyl sites for hydroxylation is 2. The number of halogens is 1. The molecule has 1 aliphatic rings. The highest BCUT2D eigenvalue weighted by Crippen LogP contribution is 2.26. The van der Waals surface area contributed by atoms with Crippen LogP contribution in [0.5, 0.6) is 0 Å². The van der Waals surface area contributed by atoms with Crippen molar-refractivity contribution in [1.29, 1.82) is 0 Å². The fourth-order valence-electron chi connectivity index (χ4n) is 2.42. The van der Waals surface area contributed by atoms with Crippen molar-refractivity contribution in [3.63, 3.8) is 0 Å². The van der Waals surface area contributed by atoms with Crippen molar-refractivity contribution in [3.8, 4) is 0 Å². The molecule has 2 N–H and O–H groups in total. The smallest absolute Gasteiger partial charge is 0.233 e. The minimum atomic E-state index is 0.180. The molecule has 0 aliphatic heterocycles. The lowest BCUT2D eigenvalue weighted by Crippen LogP contribution is -2.06. The zero-order chi connectivity index (χ0) is 13.9. The Kier molecular flexibility index (Phi) is 3.69. The van der Waals surface area contributed by atoms with Crippen LogP contribution in [0, 0.1) is 0 Å². The summed E-state index contributed by atoms with van der Waals surface area (Å²) in [4.78, 5) is 12.4. The van der Waals surface area contributed by atoms with Gasteiger partial charge in [-0.05, 0) is 61.0 Å². The van der Waals surface area contributed by atoms with Crippen LogP contribution in [0.1, 0.15) is 24.5 Å². The van der Waals surface area contributed by atoms with E-state index in [1.807, 2.05) is 6.92 Å². The van der Waals surface area contributed by atoms with Crippen LogP contribution < -0.4 is 10.6 Å². The normalized spacial score (nSPS) is 13.1. The topological polar surface area (TPSA) is 62.7 Å². The summed E-state index contributed by atoms with van der Waals surface area (Å²) >= 11 is 5.90. The van der Waals surface area contributed by atoms with E-state index in [0.29, 0.717) is 11.9 Å². The molecule has 0 saturated heterocycles. The lowest BCUT2D eigenvalue weighted by Gasteiger charge is -2.08. The summed E-state index contributed by atoms with van der Waals surface area (Å²) in [5.74, 6) is 0.940. The van der Waals surface area contributed by atoms with Gasteiger partial charge in [0.1, 0.15) is 0 Å². The predicted octanol–water partition coefficient (Wildman–Crippen LogP) is 3.19. The molecule has 0 amide bonds. The summed E-state index contributed by atoms with van der Waals surface area (Å²) in [6.07, 6.45) is 3.56. The highest BCUT2D eigenvalue weighted by atomic mass is 35.5. The maximum absolute atomic E-state index is 5.90. The maximum Gasteiger partial charge on any atom is 0.233 e. The molecule has 104 valence electrons. The van der Waals surface area contributed by atoms with Crippen LogP contribution in [0.2, 0.25) is 5.28 Å². The number of nitrogens with zero attached hydrogens (tertiary/aromatic N) is 3. The second kappa shape index (κ2) is 5.63. The van der Waals surface area contributed by atoms with Crippen LogP contribution in [0.15, 0.2) is 18.2 Å². The van der Waals surface area contributed by atoms with Crippen molar-refractivity contribution in [1.82, 2.24) is 15.0 Å². The van der Waals surface area contributed by atoms with Gasteiger partial charge in [-0.2, -0.15) is 15.0 Å². The fourth-order valence-corrected chi connectivity index (χ4v) is 2.58. The van der Waals surface area contributed by atoms with Crippen LogP contribution in [0.25, 0.3) is 0 Å². The van der Waals surface area contributed by atoms with Gasteiger partial charge in [0.2, 0.25) is 17.2 Å². The summed E-state index contributed by atoms with van der Waals surface area (Å²) in [6.45, 7) is 2.71. The molecule has 0 unspecified atom stereocenters. The van der Waals surface area contributed by atoms with Gasteiger partial charge in [-0.1, -0.05) is 6.07 Å². The third-order valence-corrected chi connectivity index (χ3v) is 3.47. The first kappa shape index (κ1) is 13.1. The van der Waals surface area contributed by atoms with Gasteiger partial charge in [-0.15, -0.1) is 0 Å². The fraction of sp³-hybridized carbons (Fsp3) is 0.357. The Balaban J connectivity index is 1.83. The largest absolute Gasteiger partial charge is 0.354 e. The minimum Gasteiger partial charge on any atom is -0.354 e. The number of aromatic nitrogens is 3. The molecule has 0 atom stereocenters. The van der Waals surface area contributed by atoms with Crippen molar-refractivity contribution in [2.24, 2.45) is 0 Å². The summed E-state index contributed by atoms with van der Waals surface area (Å²) in [6, 6.07) is 6.38. The van der Waals surface area contributed by atoms with Crippen LogP contribution in [-0.2, 0) is 12.8 Å². The van der Waals surface area contributed by atoms with Gasteiger partial charge < -0.3 is 10.6 Å². The van der Waals surface area contributed by atoms with Gasteiger partial charge in [0, 0.05) is 12.2 Å². The molecule has 0 fully saturated rings. The zero-order valence-electron chi connectivity index (χ0n) is 11.3. The quantitative estimate of drug-likeness (QED) is 0.905. The van der Waals surface area contributed by atoms with E-state index >= 15 is 0 Å². The van der Waals surface area contributed by atoms with Gasteiger partial charge in [0.15, 0.2) is 0 Å². The molecule has 0 spiro atoms. The molecule has 1 aliphatic carbocycles. The maximum atomic E-state index is 5.90. The summed E-state index contributed by atoms with van der Waals surface area (Å²) in [7, 11) is 0. The van der Waals surface area contributed by atoms with Gasteiger partial charge in [-0.25, -0.2) is 0 Å². The SMILES string of the molecule is CCNc1nc(Cl)nc(Nc2ccc3c(c2)CCC3)n1. The van der Waals surface area contributed by atoms with Crippen molar-refractivity contribution >= 4 is 29.2 Å². The van der Waals surface area contributed by atoms with Crippen molar-refractivity contribution in [2.75, 3.05) is 17.2 Å². The van der Waals surface area contributed by atoms with E-state index in [2.05, 4.69) is 43.8 Å². The molecular formula is C14H16ClN5. The zero-order valence-corrected chi connectivity index (χ0v) is 12.0. The van der Waals surface area contributed by atoms with Gasteiger partial charge in [0.05, 0.1) is 0 Å². The second-order valence-electron chi connectivity index (χ2n) is 4.74. The molecular weight excluding hydrogens is 274 g/mol. The Labute approximate surface area is 122 Å².